The van der Waals surface area contributed by atoms with Crippen LogP contribution in [0.2, 0.25) is 0 Å². The number of anilines is 1. The topological polar surface area (TPSA) is 27.0 Å². The van der Waals surface area contributed by atoms with E-state index in [2.05, 4.69) is 0 Å². The van der Waals surface area contributed by atoms with E-state index in [-0.39, 0.29) is 6.54 Å². The highest BCUT2D eigenvalue weighted by atomic mass is 19.4. The maximum atomic E-state index is 12.5. The van der Waals surface area contributed by atoms with Gasteiger partial charge in [0.05, 0.1) is 6.07 Å². The molecular weight excluding hydrogens is 241 g/mol. The van der Waals surface area contributed by atoms with E-state index >= 15 is 0 Å². The number of halogens is 3. The van der Waals surface area contributed by atoms with Crippen LogP contribution in [0.25, 0.3) is 0 Å². The Hall–Kier alpha value is -1.70. The van der Waals surface area contributed by atoms with Crippen LogP contribution in [0.15, 0.2) is 18.2 Å². The number of hydrogen-bond acceptors (Lipinski definition) is 2. The molecule has 5 heteroatoms. The van der Waals surface area contributed by atoms with Crippen molar-refractivity contribution in [3.63, 3.8) is 0 Å². The minimum atomic E-state index is -4.48. The summed E-state index contributed by atoms with van der Waals surface area (Å²) in [4.78, 5) is 1.46. The standard InChI is InChI=1S/C13H15F3N2/c1-9-4-10(2)6-12(5-9)18(3)8-11(7-17)13(14,15)16/h4-6,11H,8H2,1-3H3. The second-order valence-corrected chi connectivity index (χ2v) is 4.45. The molecule has 0 aliphatic rings. The van der Waals surface area contributed by atoms with Gasteiger partial charge < -0.3 is 4.90 Å². The molecule has 98 valence electrons. The Labute approximate surface area is 105 Å². The Morgan fingerprint density at radius 2 is 1.72 bits per heavy atom. The lowest BCUT2D eigenvalue weighted by Crippen LogP contribution is -2.33. The fourth-order valence-electron chi connectivity index (χ4n) is 1.77. The van der Waals surface area contributed by atoms with Crippen LogP contribution in [-0.4, -0.2) is 19.8 Å². The van der Waals surface area contributed by atoms with Crippen LogP contribution >= 0.6 is 0 Å². The summed E-state index contributed by atoms with van der Waals surface area (Å²) in [5.74, 6) is -1.97. The average Bonchev–Trinajstić information content (AvgIpc) is 2.22. The van der Waals surface area contributed by atoms with Gasteiger partial charge in [0, 0.05) is 19.3 Å². The fraction of sp³-hybridized carbons (Fsp3) is 0.462. The van der Waals surface area contributed by atoms with Crippen molar-refractivity contribution in [2.45, 2.75) is 20.0 Å². The second kappa shape index (κ2) is 5.30. The lowest BCUT2D eigenvalue weighted by atomic mass is 10.1. The second-order valence-electron chi connectivity index (χ2n) is 4.45. The van der Waals surface area contributed by atoms with E-state index in [1.54, 1.807) is 19.2 Å². The lowest BCUT2D eigenvalue weighted by molar-refractivity contribution is -0.156. The summed E-state index contributed by atoms with van der Waals surface area (Å²) in [7, 11) is 1.56. The van der Waals surface area contributed by atoms with Gasteiger partial charge in [-0.15, -0.1) is 0 Å². The largest absolute Gasteiger partial charge is 0.406 e. The molecule has 0 N–H and O–H groups in total. The Kier molecular flexibility index (Phi) is 4.23. The Morgan fingerprint density at radius 1 is 1.22 bits per heavy atom. The normalized spacial score (nSPS) is 12.9. The van der Waals surface area contributed by atoms with Gasteiger partial charge in [0.2, 0.25) is 0 Å². The van der Waals surface area contributed by atoms with Crippen LogP contribution in [0.3, 0.4) is 0 Å². The van der Waals surface area contributed by atoms with Gasteiger partial charge in [-0.3, -0.25) is 0 Å². The van der Waals surface area contributed by atoms with Gasteiger partial charge >= 0.3 is 6.18 Å². The third-order valence-electron chi connectivity index (χ3n) is 2.65. The smallest absolute Gasteiger partial charge is 0.373 e. The van der Waals surface area contributed by atoms with E-state index in [1.165, 1.54) is 11.0 Å². The van der Waals surface area contributed by atoms with Crippen molar-refractivity contribution >= 4 is 5.69 Å². The van der Waals surface area contributed by atoms with E-state index in [0.717, 1.165) is 11.1 Å². The van der Waals surface area contributed by atoms with Crippen LogP contribution in [0.1, 0.15) is 11.1 Å². The molecule has 1 aromatic rings. The van der Waals surface area contributed by atoms with Crippen molar-refractivity contribution in [2.24, 2.45) is 5.92 Å². The first-order chi connectivity index (χ1) is 8.24. The number of nitrogens with zero attached hydrogens (tertiary/aromatic N) is 2. The van der Waals surface area contributed by atoms with E-state index in [9.17, 15) is 13.2 Å². The number of aryl methyl sites for hydroxylation is 2. The summed E-state index contributed by atoms with van der Waals surface area (Å²) < 4.78 is 37.5. The maximum absolute atomic E-state index is 12.5. The number of alkyl halides is 3. The highest BCUT2D eigenvalue weighted by Gasteiger charge is 2.40. The van der Waals surface area contributed by atoms with Crippen LogP contribution < -0.4 is 4.90 Å². The van der Waals surface area contributed by atoms with Crippen LogP contribution in [0.5, 0.6) is 0 Å². The Morgan fingerprint density at radius 3 is 2.11 bits per heavy atom. The molecule has 1 aromatic carbocycles. The summed E-state index contributed by atoms with van der Waals surface area (Å²) in [6, 6.07) is 6.86. The van der Waals surface area contributed by atoms with Gasteiger partial charge in [-0.25, -0.2) is 0 Å². The van der Waals surface area contributed by atoms with E-state index in [0.29, 0.717) is 5.69 Å². The summed E-state index contributed by atoms with van der Waals surface area (Å²) in [6.45, 7) is 3.41. The predicted molar refractivity (Wildman–Crippen MR) is 64.3 cm³/mol. The monoisotopic (exact) mass is 256 g/mol. The maximum Gasteiger partial charge on any atom is 0.406 e. The number of hydrogen-bond donors (Lipinski definition) is 0. The third kappa shape index (κ3) is 3.66. The molecule has 0 radical (unpaired) electrons. The fourth-order valence-corrected chi connectivity index (χ4v) is 1.77. The van der Waals surface area contributed by atoms with Crippen molar-refractivity contribution in [1.29, 1.82) is 5.26 Å². The highest BCUT2D eigenvalue weighted by Crippen LogP contribution is 2.28. The molecule has 0 heterocycles. The molecule has 0 aliphatic heterocycles. The molecule has 1 atom stereocenters. The van der Waals surface area contributed by atoms with Crippen molar-refractivity contribution in [1.82, 2.24) is 0 Å². The molecular formula is C13H15F3N2. The van der Waals surface area contributed by atoms with E-state index < -0.39 is 12.1 Å². The molecule has 0 aromatic heterocycles. The van der Waals surface area contributed by atoms with Gasteiger partial charge in [-0.1, -0.05) is 6.07 Å². The van der Waals surface area contributed by atoms with Crippen molar-refractivity contribution in [3.05, 3.63) is 29.3 Å². The summed E-state index contributed by atoms with van der Waals surface area (Å²) >= 11 is 0. The SMILES string of the molecule is Cc1cc(C)cc(N(C)CC(C#N)C(F)(F)F)c1. The number of nitriles is 1. The van der Waals surface area contributed by atoms with Crippen LogP contribution in [0.4, 0.5) is 18.9 Å². The summed E-state index contributed by atoms with van der Waals surface area (Å²) in [5, 5.41) is 8.57. The zero-order chi connectivity index (χ0) is 13.9. The Bertz CT molecular complexity index is 440. The van der Waals surface area contributed by atoms with Gasteiger partial charge in [0.25, 0.3) is 0 Å². The molecule has 0 spiro atoms. The molecule has 0 bridgehead atoms. The first-order valence-electron chi connectivity index (χ1n) is 5.50. The summed E-state index contributed by atoms with van der Waals surface area (Å²) in [6.07, 6.45) is -4.48. The van der Waals surface area contributed by atoms with E-state index in [1.807, 2.05) is 19.9 Å². The minimum absolute atomic E-state index is 0.358. The van der Waals surface area contributed by atoms with Gasteiger partial charge in [0.15, 0.2) is 5.92 Å². The van der Waals surface area contributed by atoms with Crippen LogP contribution in [0, 0.1) is 31.1 Å². The first-order valence-corrected chi connectivity index (χ1v) is 5.50. The number of benzene rings is 1. The van der Waals surface area contributed by atoms with Gasteiger partial charge in [-0.05, 0) is 37.1 Å². The number of rotatable bonds is 3. The molecule has 18 heavy (non-hydrogen) atoms. The van der Waals surface area contributed by atoms with Gasteiger partial charge in [0.1, 0.15) is 0 Å². The quantitative estimate of drug-likeness (QED) is 0.828. The van der Waals surface area contributed by atoms with Gasteiger partial charge in [-0.2, -0.15) is 18.4 Å². The Balaban J connectivity index is 2.88. The molecule has 0 amide bonds. The zero-order valence-corrected chi connectivity index (χ0v) is 10.5. The molecule has 0 aliphatic carbocycles. The van der Waals surface area contributed by atoms with Crippen molar-refractivity contribution in [3.8, 4) is 6.07 Å². The third-order valence-corrected chi connectivity index (χ3v) is 2.65. The molecule has 0 fully saturated rings. The highest BCUT2D eigenvalue weighted by molar-refractivity contribution is 5.50. The predicted octanol–water partition coefficient (Wildman–Crippen LogP) is 3.44. The minimum Gasteiger partial charge on any atom is -0.373 e. The molecule has 0 saturated heterocycles. The van der Waals surface area contributed by atoms with Crippen LogP contribution in [-0.2, 0) is 0 Å². The van der Waals surface area contributed by atoms with E-state index in [4.69, 9.17) is 5.26 Å². The molecule has 0 saturated carbocycles. The first kappa shape index (κ1) is 14.4. The average molecular weight is 256 g/mol. The zero-order valence-electron chi connectivity index (χ0n) is 10.5. The molecule has 1 rings (SSSR count). The molecule has 2 nitrogen and oxygen atoms in total. The lowest BCUT2D eigenvalue weighted by Gasteiger charge is -2.24. The van der Waals surface area contributed by atoms with Crippen molar-refractivity contribution < 1.29 is 13.2 Å². The summed E-state index contributed by atoms with van der Waals surface area (Å²) in [5.41, 5.74) is 2.66. The molecule has 1 unspecified atom stereocenters. The van der Waals surface area contributed by atoms with Crippen molar-refractivity contribution in [2.75, 3.05) is 18.5 Å².